The first-order valence-corrected chi connectivity index (χ1v) is 6.87. The Morgan fingerprint density at radius 1 is 1.13 bits per heavy atom. The number of hydrogen-bond acceptors (Lipinski definition) is 4. The second-order valence-corrected chi connectivity index (χ2v) is 4.85. The maximum Gasteiger partial charge on any atom is 0.258 e. The van der Waals surface area contributed by atoms with Crippen LogP contribution in [-0.4, -0.2) is 16.9 Å². The lowest BCUT2D eigenvalue weighted by Crippen LogP contribution is -2.20. The van der Waals surface area contributed by atoms with Gasteiger partial charge in [-0.2, -0.15) is 5.10 Å². The van der Waals surface area contributed by atoms with Gasteiger partial charge in [0, 0.05) is 5.52 Å². The minimum atomic E-state index is -0.345. The Morgan fingerprint density at radius 2 is 1.87 bits per heavy atom. The van der Waals surface area contributed by atoms with Gasteiger partial charge in [-0.3, -0.25) is 9.79 Å². The number of benzene rings is 2. The Labute approximate surface area is 131 Å². The van der Waals surface area contributed by atoms with E-state index in [4.69, 9.17) is 5.84 Å². The SMILES string of the molecule is NN=C(C=Nc1ccc(F)cc1)c1cc2ccccc2[nH]c1=O. The van der Waals surface area contributed by atoms with E-state index in [1.54, 1.807) is 6.07 Å². The van der Waals surface area contributed by atoms with Crippen molar-refractivity contribution in [2.45, 2.75) is 0 Å². The fourth-order valence-electron chi connectivity index (χ4n) is 2.17. The van der Waals surface area contributed by atoms with Crippen molar-refractivity contribution in [2.24, 2.45) is 15.9 Å². The van der Waals surface area contributed by atoms with Crippen LogP contribution in [0, 0.1) is 5.82 Å². The van der Waals surface area contributed by atoms with Crippen molar-refractivity contribution in [3.8, 4) is 0 Å². The third-order valence-electron chi connectivity index (χ3n) is 3.33. The number of H-pyrrole nitrogens is 1. The largest absolute Gasteiger partial charge is 0.323 e. The number of pyridine rings is 1. The van der Waals surface area contributed by atoms with Gasteiger partial charge in [0.05, 0.1) is 17.5 Å². The minimum absolute atomic E-state index is 0.237. The molecule has 0 bridgehead atoms. The molecule has 3 aromatic rings. The van der Waals surface area contributed by atoms with Gasteiger partial charge >= 0.3 is 0 Å². The number of aliphatic imine (C=N–C) groups is 1. The van der Waals surface area contributed by atoms with Crippen LogP contribution in [0.4, 0.5) is 10.1 Å². The zero-order valence-corrected chi connectivity index (χ0v) is 12.0. The van der Waals surface area contributed by atoms with Crippen molar-refractivity contribution in [3.63, 3.8) is 0 Å². The summed E-state index contributed by atoms with van der Waals surface area (Å²) in [6.45, 7) is 0. The van der Waals surface area contributed by atoms with Crippen LogP contribution in [0.1, 0.15) is 5.56 Å². The second kappa shape index (κ2) is 6.23. The van der Waals surface area contributed by atoms with Gasteiger partial charge in [0.2, 0.25) is 0 Å². The average molecular weight is 308 g/mol. The van der Waals surface area contributed by atoms with Crippen LogP contribution in [0.3, 0.4) is 0 Å². The molecular formula is C17H13FN4O. The number of para-hydroxylation sites is 1. The summed E-state index contributed by atoms with van der Waals surface area (Å²) in [7, 11) is 0. The maximum atomic E-state index is 12.9. The number of fused-ring (bicyclic) bond motifs is 1. The summed E-state index contributed by atoms with van der Waals surface area (Å²) in [4.78, 5) is 19.1. The van der Waals surface area contributed by atoms with Gasteiger partial charge in [-0.05, 0) is 41.8 Å². The van der Waals surface area contributed by atoms with Gasteiger partial charge in [-0.15, -0.1) is 0 Å². The maximum absolute atomic E-state index is 12.9. The molecule has 0 unspecified atom stereocenters. The Morgan fingerprint density at radius 3 is 2.61 bits per heavy atom. The Kier molecular flexibility index (Phi) is 3.97. The zero-order valence-electron chi connectivity index (χ0n) is 12.0. The predicted octanol–water partition coefficient (Wildman–Crippen LogP) is 2.73. The fourth-order valence-corrected chi connectivity index (χ4v) is 2.17. The molecule has 0 aliphatic heterocycles. The molecule has 0 amide bonds. The molecule has 0 fully saturated rings. The van der Waals surface area contributed by atoms with Gasteiger partial charge in [-0.25, -0.2) is 4.39 Å². The van der Waals surface area contributed by atoms with Crippen molar-refractivity contribution in [3.05, 3.63) is 76.3 Å². The summed E-state index contributed by atoms with van der Waals surface area (Å²) < 4.78 is 12.9. The summed E-state index contributed by atoms with van der Waals surface area (Å²) in [6, 6.07) is 14.7. The summed E-state index contributed by atoms with van der Waals surface area (Å²) in [5, 5.41) is 4.49. The van der Waals surface area contributed by atoms with E-state index < -0.39 is 0 Å². The predicted molar refractivity (Wildman–Crippen MR) is 89.8 cm³/mol. The molecule has 0 radical (unpaired) electrons. The molecule has 23 heavy (non-hydrogen) atoms. The second-order valence-electron chi connectivity index (χ2n) is 4.85. The summed E-state index contributed by atoms with van der Waals surface area (Å²) in [5.74, 6) is 5.05. The van der Waals surface area contributed by atoms with Gasteiger partial charge in [0.1, 0.15) is 11.5 Å². The van der Waals surface area contributed by atoms with Crippen molar-refractivity contribution in [1.29, 1.82) is 0 Å². The Balaban J connectivity index is 1.99. The van der Waals surface area contributed by atoms with E-state index in [0.717, 1.165) is 10.9 Å². The van der Waals surface area contributed by atoms with E-state index >= 15 is 0 Å². The third-order valence-corrected chi connectivity index (χ3v) is 3.33. The Hall–Kier alpha value is -3.28. The molecule has 5 nitrogen and oxygen atoms in total. The van der Waals surface area contributed by atoms with E-state index in [-0.39, 0.29) is 17.1 Å². The van der Waals surface area contributed by atoms with Crippen LogP contribution in [0.5, 0.6) is 0 Å². The number of nitrogens with zero attached hydrogens (tertiary/aromatic N) is 2. The first kappa shape index (κ1) is 14.6. The molecule has 6 heteroatoms. The number of halogens is 1. The van der Waals surface area contributed by atoms with E-state index in [1.165, 1.54) is 30.5 Å². The van der Waals surface area contributed by atoms with Crippen LogP contribution in [-0.2, 0) is 0 Å². The van der Waals surface area contributed by atoms with Crippen molar-refractivity contribution < 1.29 is 4.39 Å². The fraction of sp³-hybridized carbons (Fsp3) is 0. The molecule has 0 saturated heterocycles. The number of aromatic nitrogens is 1. The topological polar surface area (TPSA) is 83.6 Å². The lowest BCUT2D eigenvalue weighted by atomic mass is 10.1. The normalized spacial score (nSPS) is 12.1. The molecule has 0 aliphatic carbocycles. The summed E-state index contributed by atoms with van der Waals surface area (Å²) in [5.41, 5.74) is 1.51. The molecule has 114 valence electrons. The highest BCUT2D eigenvalue weighted by Crippen LogP contribution is 2.13. The van der Waals surface area contributed by atoms with Crippen LogP contribution >= 0.6 is 0 Å². The van der Waals surface area contributed by atoms with Gasteiger partial charge in [-0.1, -0.05) is 18.2 Å². The first-order valence-electron chi connectivity index (χ1n) is 6.87. The average Bonchev–Trinajstić information content (AvgIpc) is 2.57. The lowest BCUT2D eigenvalue weighted by molar-refractivity contribution is 0.628. The van der Waals surface area contributed by atoms with Crippen LogP contribution in [0.2, 0.25) is 0 Å². The molecule has 0 saturated carbocycles. The summed E-state index contributed by atoms with van der Waals surface area (Å²) >= 11 is 0. The van der Waals surface area contributed by atoms with Crippen LogP contribution in [0.25, 0.3) is 10.9 Å². The van der Waals surface area contributed by atoms with E-state index in [2.05, 4.69) is 15.1 Å². The van der Waals surface area contributed by atoms with Crippen molar-refractivity contribution in [2.75, 3.05) is 0 Å². The molecular weight excluding hydrogens is 295 g/mol. The molecule has 3 rings (SSSR count). The van der Waals surface area contributed by atoms with Crippen LogP contribution in [0.15, 0.2) is 69.5 Å². The van der Waals surface area contributed by atoms with E-state index in [9.17, 15) is 9.18 Å². The molecule has 0 atom stereocenters. The van der Waals surface area contributed by atoms with Crippen molar-refractivity contribution >= 4 is 28.5 Å². The van der Waals surface area contributed by atoms with Gasteiger partial charge < -0.3 is 10.8 Å². The molecule has 0 aliphatic rings. The van der Waals surface area contributed by atoms with E-state index in [0.29, 0.717) is 11.3 Å². The lowest BCUT2D eigenvalue weighted by Gasteiger charge is -2.02. The number of hydrazone groups is 1. The summed E-state index contributed by atoms with van der Waals surface area (Å²) in [6.07, 6.45) is 1.38. The van der Waals surface area contributed by atoms with Crippen LogP contribution < -0.4 is 11.4 Å². The smallest absolute Gasteiger partial charge is 0.258 e. The number of hydrogen-bond donors (Lipinski definition) is 2. The molecule has 0 spiro atoms. The number of aromatic amines is 1. The number of rotatable bonds is 3. The first-order chi connectivity index (χ1) is 11.2. The molecule has 1 aromatic heterocycles. The minimum Gasteiger partial charge on any atom is -0.323 e. The van der Waals surface area contributed by atoms with Gasteiger partial charge in [0.25, 0.3) is 5.56 Å². The number of nitrogens with one attached hydrogen (secondary N) is 1. The van der Waals surface area contributed by atoms with Gasteiger partial charge in [0.15, 0.2) is 0 Å². The highest BCUT2D eigenvalue weighted by molar-refractivity contribution is 6.38. The van der Waals surface area contributed by atoms with Crippen molar-refractivity contribution in [1.82, 2.24) is 4.98 Å². The standard InChI is InChI=1S/C17H13FN4O/c18-12-5-7-13(8-6-12)20-10-16(22-19)14-9-11-3-1-2-4-15(11)21-17(14)23/h1-10H,19H2,(H,21,23). The molecule has 2 aromatic carbocycles. The molecule has 3 N–H and O–H groups in total. The highest BCUT2D eigenvalue weighted by Gasteiger charge is 2.08. The van der Waals surface area contributed by atoms with E-state index in [1.807, 2.05) is 24.3 Å². The molecule has 1 heterocycles. The zero-order chi connectivity index (χ0) is 16.2. The number of nitrogens with two attached hydrogens (primary N) is 1. The highest BCUT2D eigenvalue weighted by atomic mass is 19.1. The quantitative estimate of drug-likeness (QED) is 0.443. The monoisotopic (exact) mass is 308 g/mol. The third kappa shape index (κ3) is 3.16. The Bertz CT molecular complexity index is 958.